The van der Waals surface area contributed by atoms with Crippen LogP contribution in [-0.2, 0) is 4.79 Å². The van der Waals surface area contributed by atoms with E-state index < -0.39 is 6.10 Å². The molecule has 2 heteroatoms. The van der Waals surface area contributed by atoms with E-state index in [1.807, 2.05) is 6.92 Å². The lowest BCUT2D eigenvalue weighted by Gasteiger charge is -2.28. The Kier molecular flexibility index (Phi) is 2.09. The van der Waals surface area contributed by atoms with Gasteiger partial charge in [0, 0.05) is 6.42 Å². The zero-order chi connectivity index (χ0) is 7.72. The van der Waals surface area contributed by atoms with E-state index in [0.717, 1.165) is 6.42 Å². The highest BCUT2D eigenvalue weighted by molar-refractivity contribution is 5.83. The van der Waals surface area contributed by atoms with Crippen LogP contribution >= 0.6 is 0 Å². The molecule has 1 aliphatic carbocycles. The Hall–Kier alpha value is -0.370. The molecule has 1 N–H and O–H groups in total. The normalized spacial score (nSPS) is 41.9. The Morgan fingerprint density at radius 1 is 1.50 bits per heavy atom. The van der Waals surface area contributed by atoms with E-state index in [4.69, 9.17) is 0 Å². The van der Waals surface area contributed by atoms with Gasteiger partial charge in [0.15, 0.2) is 5.78 Å². The van der Waals surface area contributed by atoms with Gasteiger partial charge in [-0.25, -0.2) is 0 Å². The van der Waals surface area contributed by atoms with Gasteiger partial charge in [0.2, 0.25) is 0 Å². The topological polar surface area (TPSA) is 37.3 Å². The lowest BCUT2D eigenvalue weighted by molar-refractivity contribution is -0.134. The molecule has 0 saturated heterocycles. The summed E-state index contributed by atoms with van der Waals surface area (Å²) in [7, 11) is 0. The van der Waals surface area contributed by atoms with Crippen molar-refractivity contribution >= 4 is 5.78 Å². The van der Waals surface area contributed by atoms with E-state index in [1.54, 1.807) is 0 Å². The fraction of sp³-hybridized carbons (Fsp3) is 0.875. The smallest absolute Gasteiger partial charge is 0.161 e. The van der Waals surface area contributed by atoms with Gasteiger partial charge in [0.25, 0.3) is 0 Å². The van der Waals surface area contributed by atoms with Gasteiger partial charge >= 0.3 is 0 Å². The number of hydrogen-bond donors (Lipinski definition) is 1. The van der Waals surface area contributed by atoms with E-state index in [1.165, 1.54) is 0 Å². The van der Waals surface area contributed by atoms with E-state index in [0.29, 0.717) is 12.3 Å². The number of aliphatic hydroxyl groups excluding tert-OH is 1. The Morgan fingerprint density at radius 2 is 2.10 bits per heavy atom. The van der Waals surface area contributed by atoms with Crippen LogP contribution in [0.1, 0.15) is 26.7 Å². The van der Waals surface area contributed by atoms with Crippen LogP contribution in [0.2, 0.25) is 0 Å². The minimum Gasteiger partial charge on any atom is -0.385 e. The summed E-state index contributed by atoms with van der Waals surface area (Å²) in [6, 6.07) is 0. The van der Waals surface area contributed by atoms with Gasteiger partial charge in [-0.15, -0.1) is 0 Å². The SMILES string of the molecule is CC1CCC(=O)C(O)C1C. The second kappa shape index (κ2) is 2.70. The van der Waals surface area contributed by atoms with Gasteiger partial charge in [-0.3, -0.25) is 4.79 Å². The molecule has 0 aromatic rings. The molecule has 0 radical (unpaired) electrons. The molecule has 0 amide bonds. The molecule has 10 heavy (non-hydrogen) atoms. The maximum absolute atomic E-state index is 10.9. The Bertz CT molecular complexity index is 142. The van der Waals surface area contributed by atoms with E-state index >= 15 is 0 Å². The molecule has 0 spiro atoms. The molecule has 3 atom stereocenters. The maximum Gasteiger partial charge on any atom is 0.161 e. The first kappa shape index (κ1) is 7.73. The van der Waals surface area contributed by atoms with Gasteiger partial charge in [-0.05, 0) is 18.3 Å². The molecule has 0 aromatic heterocycles. The lowest BCUT2D eigenvalue weighted by Crippen LogP contribution is -2.36. The number of rotatable bonds is 0. The van der Waals surface area contributed by atoms with E-state index in [-0.39, 0.29) is 11.7 Å². The highest BCUT2D eigenvalue weighted by Gasteiger charge is 2.31. The van der Waals surface area contributed by atoms with Crippen molar-refractivity contribution in [2.24, 2.45) is 11.8 Å². The first-order valence-corrected chi connectivity index (χ1v) is 3.83. The van der Waals surface area contributed by atoms with Crippen LogP contribution in [0.5, 0.6) is 0 Å². The number of hydrogen-bond acceptors (Lipinski definition) is 2. The second-order valence-corrected chi connectivity index (χ2v) is 3.29. The summed E-state index contributed by atoms with van der Waals surface area (Å²) in [5.74, 6) is 0.666. The number of aliphatic hydroxyl groups is 1. The molecular weight excluding hydrogens is 128 g/mol. The van der Waals surface area contributed by atoms with Crippen molar-refractivity contribution < 1.29 is 9.90 Å². The van der Waals surface area contributed by atoms with Gasteiger partial charge < -0.3 is 5.11 Å². The minimum absolute atomic E-state index is 0.0191. The third kappa shape index (κ3) is 1.21. The fourth-order valence-electron chi connectivity index (χ4n) is 1.39. The minimum atomic E-state index is -0.691. The van der Waals surface area contributed by atoms with Crippen LogP contribution in [0.4, 0.5) is 0 Å². The summed E-state index contributed by atoms with van der Waals surface area (Å²) in [4.78, 5) is 10.9. The van der Waals surface area contributed by atoms with E-state index in [9.17, 15) is 9.90 Å². The van der Waals surface area contributed by atoms with Gasteiger partial charge in [-0.1, -0.05) is 13.8 Å². The monoisotopic (exact) mass is 142 g/mol. The third-order valence-corrected chi connectivity index (χ3v) is 2.57. The summed E-state index contributed by atoms with van der Waals surface area (Å²) < 4.78 is 0. The molecule has 0 aliphatic heterocycles. The van der Waals surface area contributed by atoms with Crippen LogP contribution in [-0.4, -0.2) is 17.0 Å². The standard InChI is InChI=1S/C8H14O2/c1-5-3-4-7(9)8(10)6(5)2/h5-6,8,10H,3-4H2,1-2H3. The molecule has 1 saturated carbocycles. The molecule has 58 valence electrons. The van der Waals surface area contributed by atoms with Crippen LogP contribution in [0.3, 0.4) is 0 Å². The fourth-order valence-corrected chi connectivity index (χ4v) is 1.39. The molecule has 1 rings (SSSR count). The average Bonchev–Trinajstić information content (AvgIpc) is 1.93. The Labute approximate surface area is 61.2 Å². The Balaban J connectivity index is 2.60. The van der Waals surface area contributed by atoms with Crippen LogP contribution in [0.25, 0.3) is 0 Å². The van der Waals surface area contributed by atoms with Gasteiger partial charge in [0.1, 0.15) is 6.10 Å². The Morgan fingerprint density at radius 3 is 2.60 bits per heavy atom. The highest BCUT2D eigenvalue weighted by atomic mass is 16.3. The molecule has 0 aromatic carbocycles. The molecular formula is C8H14O2. The van der Waals surface area contributed by atoms with Gasteiger partial charge in [0.05, 0.1) is 0 Å². The zero-order valence-corrected chi connectivity index (χ0v) is 6.50. The van der Waals surface area contributed by atoms with Gasteiger partial charge in [-0.2, -0.15) is 0 Å². The maximum atomic E-state index is 10.9. The predicted molar refractivity (Wildman–Crippen MR) is 38.6 cm³/mol. The zero-order valence-electron chi connectivity index (χ0n) is 6.50. The number of carbonyl (C=O) groups excluding carboxylic acids is 1. The molecule has 1 aliphatic rings. The molecule has 0 bridgehead atoms. The first-order valence-electron chi connectivity index (χ1n) is 3.83. The van der Waals surface area contributed by atoms with Crippen LogP contribution in [0, 0.1) is 11.8 Å². The summed E-state index contributed by atoms with van der Waals surface area (Å²) >= 11 is 0. The van der Waals surface area contributed by atoms with Crippen molar-refractivity contribution in [2.45, 2.75) is 32.8 Å². The van der Waals surface area contributed by atoms with Crippen molar-refractivity contribution in [1.29, 1.82) is 0 Å². The summed E-state index contributed by atoms with van der Waals surface area (Å²) in [5.41, 5.74) is 0. The molecule has 3 unspecified atom stereocenters. The van der Waals surface area contributed by atoms with E-state index in [2.05, 4.69) is 6.92 Å². The summed E-state index contributed by atoms with van der Waals surface area (Å²) in [6.07, 6.45) is 0.813. The average molecular weight is 142 g/mol. The number of ketones is 1. The van der Waals surface area contributed by atoms with Crippen molar-refractivity contribution in [2.75, 3.05) is 0 Å². The molecule has 1 fully saturated rings. The van der Waals surface area contributed by atoms with Crippen molar-refractivity contribution in [3.63, 3.8) is 0 Å². The molecule has 2 nitrogen and oxygen atoms in total. The highest BCUT2D eigenvalue weighted by Crippen LogP contribution is 2.26. The lowest BCUT2D eigenvalue weighted by atomic mass is 9.79. The third-order valence-electron chi connectivity index (χ3n) is 2.57. The quantitative estimate of drug-likeness (QED) is 0.547. The largest absolute Gasteiger partial charge is 0.385 e. The number of Topliss-reactive ketones (excluding diaryl/α,β-unsaturated/α-hetero) is 1. The first-order chi connectivity index (χ1) is 4.63. The number of carbonyl (C=O) groups is 1. The van der Waals surface area contributed by atoms with Crippen LogP contribution in [0.15, 0.2) is 0 Å². The van der Waals surface area contributed by atoms with Crippen molar-refractivity contribution in [3.05, 3.63) is 0 Å². The summed E-state index contributed by atoms with van der Waals surface area (Å²) in [6.45, 7) is 4.02. The van der Waals surface area contributed by atoms with Crippen LogP contribution < -0.4 is 0 Å². The summed E-state index contributed by atoms with van der Waals surface area (Å²) in [5, 5.41) is 9.27. The van der Waals surface area contributed by atoms with Crippen molar-refractivity contribution in [1.82, 2.24) is 0 Å². The van der Waals surface area contributed by atoms with Crippen molar-refractivity contribution in [3.8, 4) is 0 Å². The molecule has 0 heterocycles. The predicted octanol–water partition coefficient (Wildman–Crippen LogP) is 0.982. The second-order valence-electron chi connectivity index (χ2n) is 3.29.